The molecule has 4 saturated heterocycles. The Balaban J connectivity index is 1.31. The van der Waals surface area contributed by atoms with Crippen molar-refractivity contribution < 1.29 is 19.3 Å². The molecule has 27 heavy (non-hydrogen) atoms. The number of fused-ring (bicyclic) bond motifs is 1. The van der Waals surface area contributed by atoms with Crippen molar-refractivity contribution in [1.82, 2.24) is 9.88 Å². The van der Waals surface area contributed by atoms with Crippen LogP contribution >= 0.6 is 0 Å². The normalized spacial score (nSPS) is 44.0. The van der Waals surface area contributed by atoms with Crippen molar-refractivity contribution in [2.24, 2.45) is 17.8 Å². The molecule has 0 aromatic carbocycles. The van der Waals surface area contributed by atoms with E-state index in [0.717, 1.165) is 45.0 Å². The molecule has 148 valence electrons. The maximum absolute atomic E-state index is 11.0. The summed E-state index contributed by atoms with van der Waals surface area (Å²) < 4.78 is 18.0. The third-order valence-electron chi connectivity index (χ3n) is 7.14. The summed E-state index contributed by atoms with van der Waals surface area (Å²) in [6.45, 7) is 6.64. The third kappa shape index (κ3) is 2.71. The van der Waals surface area contributed by atoms with Gasteiger partial charge >= 0.3 is 0 Å². The summed E-state index contributed by atoms with van der Waals surface area (Å²) in [5, 5.41) is 11.0. The molecule has 6 rings (SSSR count). The Morgan fingerprint density at radius 1 is 1.30 bits per heavy atom. The number of pyridine rings is 1. The van der Waals surface area contributed by atoms with Crippen LogP contribution in [0.3, 0.4) is 0 Å². The lowest BCUT2D eigenvalue weighted by Crippen LogP contribution is -2.68. The molecule has 7 nitrogen and oxygen atoms in total. The molecule has 6 unspecified atom stereocenters. The summed E-state index contributed by atoms with van der Waals surface area (Å²) in [4.78, 5) is 9.20. The number of aromatic nitrogens is 1. The van der Waals surface area contributed by atoms with Gasteiger partial charge in [0.15, 0.2) is 12.6 Å². The molecule has 1 aromatic heterocycles. The third-order valence-corrected chi connectivity index (χ3v) is 7.14. The minimum atomic E-state index is -0.575. The Bertz CT molecular complexity index is 668. The predicted molar refractivity (Wildman–Crippen MR) is 99.1 cm³/mol. The van der Waals surface area contributed by atoms with E-state index < -0.39 is 11.7 Å². The zero-order chi connectivity index (χ0) is 18.6. The molecular formula is C20H29N3O4. The highest BCUT2D eigenvalue weighted by molar-refractivity contribution is 5.38. The van der Waals surface area contributed by atoms with E-state index in [1.54, 1.807) is 7.11 Å². The highest BCUT2D eigenvalue weighted by atomic mass is 16.8. The van der Waals surface area contributed by atoms with E-state index in [9.17, 15) is 5.11 Å². The van der Waals surface area contributed by atoms with Crippen molar-refractivity contribution in [3.8, 4) is 0 Å². The molecule has 4 aliphatic heterocycles. The van der Waals surface area contributed by atoms with Crippen LogP contribution in [-0.2, 0) is 14.2 Å². The summed E-state index contributed by atoms with van der Waals surface area (Å²) in [6, 6.07) is 6.04. The van der Waals surface area contributed by atoms with Gasteiger partial charge in [-0.2, -0.15) is 0 Å². The van der Waals surface area contributed by atoms with E-state index in [1.165, 1.54) is 0 Å². The Kier molecular flexibility index (Phi) is 4.40. The number of methoxy groups -OCH3 is 1. The van der Waals surface area contributed by atoms with Crippen LogP contribution < -0.4 is 4.90 Å². The van der Waals surface area contributed by atoms with Gasteiger partial charge in [0, 0.05) is 57.9 Å². The van der Waals surface area contributed by atoms with Crippen molar-refractivity contribution in [1.29, 1.82) is 0 Å². The van der Waals surface area contributed by atoms with E-state index in [2.05, 4.69) is 27.8 Å². The number of rotatable bonds is 4. The quantitative estimate of drug-likeness (QED) is 0.840. The van der Waals surface area contributed by atoms with Crippen LogP contribution in [0.1, 0.15) is 13.3 Å². The van der Waals surface area contributed by atoms with Gasteiger partial charge in [-0.05, 0) is 24.5 Å². The second-order valence-corrected chi connectivity index (χ2v) is 8.43. The molecule has 1 aliphatic carbocycles. The average molecular weight is 375 g/mol. The summed E-state index contributed by atoms with van der Waals surface area (Å²) in [5.74, 6) is 1.82. The lowest BCUT2D eigenvalue weighted by molar-refractivity contribution is -0.410. The first-order valence-corrected chi connectivity index (χ1v) is 10.0. The molecule has 7 heteroatoms. The molecule has 7 atom stereocenters. The molecule has 5 heterocycles. The van der Waals surface area contributed by atoms with Crippen molar-refractivity contribution >= 4 is 5.82 Å². The molecule has 1 saturated carbocycles. The standard InChI is InChI=1S/C20H29N3O4/c1-13-14-11-15(24)20(17(14)19(25-2)26-18(13)27-20)12-22-7-9-23(10-8-22)16-5-3-4-6-21-16/h3-6,13-15,17-19,24H,7-12H2,1-2H3/t13?,14?,15-,17?,18?,19?,20?/m1/s1. The largest absolute Gasteiger partial charge is 0.390 e. The van der Waals surface area contributed by atoms with Gasteiger partial charge in [0.25, 0.3) is 0 Å². The molecule has 0 spiro atoms. The molecular weight excluding hydrogens is 346 g/mol. The Morgan fingerprint density at radius 3 is 2.81 bits per heavy atom. The topological polar surface area (TPSA) is 67.3 Å². The van der Waals surface area contributed by atoms with Gasteiger partial charge in [0.2, 0.25) is 0 Å². The predicted octanol–water partition coefficient (Wildman–Crippen LogP) is 0.934. The summed E-state index contributed by atoms with van der Waals surface area (Å²) in [6.07, 6.45) is 1.59. The first-order chi connectivity index (χ1) is 13.1. The van der Waals surface area contributed by atoms with E-state index in [0.29, 0.717) is 11.8 Å². The fraction of sp³-hybridized carbons (Fsp3) is 0.750. The van der Waals surface area contributed by atoms with Gasteiger partial charge in [-0.3, -0.25) is 4.90 Å². The molecule has 4 bridgehead atoms. The number of piperazine rings is 1. The molecule has 1 N–H and O–H groups in total. The Labute approximate surface area is 160 Å². The first kappa shape index (κ1) is 17.8. The maximum Gasteiger partial charge on any atom is 0.166 e. The fourth-order valence-electron chi connectivity index (χ4n) is 5.69. The number of anilines is 1. The zero-order valence-electron chi connectivity index (χ0n) is 16.0. The second-order valence-electron chi connectivity index (χ2n) is 8.43. The van der Waals surface area contributed by atoms with Gasteiger partial charge in [-0.25, -0.2) is 4.98 Å². The second kappa shape index (κ2) is 6.67. The number of ether oxygens (including phenoxy) is 3. The Hall–Kier alpha value is -1.25. The number of aliphatic hydroxyl groups excluding tert-OH is 1. The van der Waals surface area contributed by atoms with E-state index in [1.807, 2.05) is 18.3 Å². The lowest BCUT2D eigenvalue weighted by Gasteiger charge is -2.56. The Morgan fingerprint density at radius 2 is 2.11 bits per heavy atom. The van der Waals surface area contributed by atoms with Crippen LogP contribution in [0, 0.1) is 17.8 Å². The highest BCUT2D eigenvalue weighted by Gasteiger charge is 2.69. The molecule has 0 radical (unpaired) electrons. The van der Waals surface area contributed by atoms with Crippen LogP contribution in [0.25, 0.3) is 0 Å². The maximum atomic E-state index is 11.0. The zero-order valence-corrected chi connectivity index (χ0v) is 16.0. The number of hydrogen-bond donors (Lipinski definition) is 1. The molecule has 1 aromatic rings. The molecule has 0 amide bonds. The van der Waals surface area contributed by atoms with Crippen LogP contribution in [0.4, 0.5) is 5.82 Å². The van der Waals surface area contributed by atoms with Gasteiger partial charge in [-0.1, -0.05) is 13.0 Å². The molecule has 5 fully saturated rings. The number of nitrogens with zero attached hydrogens (tertiary/aromatic N) is 3. The van der Waals surface area contributed by atoms with Gasteiger partial charge in [-0.15, -0.1) is 0 Å². The van der Waals surface area contributed by atoms with Crippen LogP contribution in [0.15, 0.2) is 24.4 Å². The van der Waals surface area contributed by atoms with E-state index >= 15 is 0 Å². The minimum Gasteiger partial charge on any atom is -0.390 e. The average Bonchev–Trinajstić information content (AvgIpc) is 2.96. The smallest absolute Gasteiger partial charge is 0.166 e. The van der Waals surface area contributed by atoms with E-state index in [4.69, 9.17) is 14.2 Å². The monoisotopic (exact) mass is 375 g/mol. The fourth-order valence-corrected chi connectivity index (χ4v) is 5.69. The lowest BCUT2D eigenvalue weighted by atomic mass is 9.73. The first-order valence-electron chi connectivity index (χ1n) is 10.0. The summed E-state index contributed by atoms with van der Waals surface area (Å²) in [7, 11) is 1.70. The van der Waals surface area contributed by atoms with Gasteiger partial charge in [0.1, 0.15) is 11.4 Å². The van der Waals surface area contributed by atoms with Crippen molar-refractivity contribution in [3.05, 3.63) is 24.4 Å². The summed E-state index contributed by atoms with van der Waals surface area (Å²) in [5.41, 5.74) is -0.575. The van der Waals surface area contributed by atoms with Crippen LogP contribution in [0.2, 0.25) is 0 Å². The minimum absolute atomic E-state index is 0.0892. The highest BCUT2D eigenvalue weighted by Crippen LogP contribution is 2.58. The van der Waals surface area contributed by atoms with Crippen LogP contribution in [0.5, 0.6) is 0 Å². The van der Waals surface area contributed by atoms with Crippen molar-refractivity contribution in [3.63, 3.8) is 0 Å². The summed E-state index contributed by atoms with van der Waals surface area (Å²) >= 11 is 0. The van der Waals surface area contributed by atoms with Crippen LogP contribution in [-0.4, -0.2) is 79.1 Å². The van der Waals surface area contributed by atoms with Gasteiger partial charge in [0.05, 0.1) is 6.10 Å². The number of hydrogen-bond acceptors (Lipinski definition) is 7. The van der Waals surface area contributed by atoms with E-state index in [-0.39, 0.29) is 18.5 Å². The van der Waals surface area contributed by atoms with Gasteiger partial charge < -0.3 is 24.2 Å². The van der Waals surface area contributed by atoms with Crippen molar-refractivity contribution in [2.75, 3.05) is 44.7 Å². The number of aliphatic hydroxyl groups is 1. The molecule has 5 aliphatic rings. The van der Waals surface area contributed by atoms with Crippen molar-refractivity contribution in [2.45, 2.75) is 37.6 Å². The SMILES string of the molecule is COC1OC2OC3(CN4CCN(c5ccccn5)CC4)C1C(C[C@H]3O)C2C.